The maximum absolute atomic E-state index is 11.5. The van der Waals surface area contributed by atoms with Crippen molar-refractivity contribution in [3.05, 3.63) is 0 Å². The Hall–Kier alpha value is -0.610. The maximum atomic E-state index is 11.5. The molecule has 1 heterocycles. The molecule has 0 bridgehead atoms. The minimum absolute atomic E-state index is 0.157. The number of amides is 1. The van der Waals surface area contributed by atoms with Crippen molar-refractivity contribution in [2.24, 2.45) is 5.92 Å². The number of nitrogens with one attached hydrogen (secondary N) is 2. The summed E-state index contributed by atoms with van der Waals surface area (Å²) >= 11 is 0. The van der Waals surface area contributed by atoms with Crippen LogP contribution >= 0.6 is 0 Å². The van der Waals surface area contributed by atoms with Gasteiger partial charge in [0.1, 0.15) is 0 Å². The van der Waals surface area contributed by atoms with Crippen molar-refractivity contribution in [3.63, 3.8) is 0 Å². The zero-order chi connectivity index (χ0) is 11.1. The van der Waals surface area contributed by atoms with Crippen LogP contribution in [0.15, 0.2) is 0 Å². The van der Waals surface area contributed by atoms with Gasteiger partial charge in [-0.15, -0.1) is 0 Å². The van der Waals surface area contributed by atoms with Gasteiger partial charge in [0.2, 0.25) is 5.91 Å². The van der Waals surface area contributed by atoms with Gasteiger partial charge in [0, 0.05) is 25.0 Å². The molecule has 0 aromatic carbocycles. The Kier molecular flexibility index (Phi) is 5.65. The molecule has 0 spiro atoms. The Bertz CT molecular complexity index is 191. The summed E-state index contributed by atoms with van der Waals surface area (Å²) in [5.74, 6) is 0.655. The third-order valence-electron chi connectivity index (χ3n) is 2.89. The molecule has 0 saturated carbocycles. The smallest absolute Gasteiger partial charge is 0.220 e. The second kappa shape index (κ2) is 6.80. The van der Waals surface area contributed by atoms with E-state index in [-0.39, 0.29) is 11.9 Å². The van der Waals surface area contributed by atoms with Crippen molar-refractivity contribution in [3.8, 4) is 0 Å². The summed E-state index contributed by atoms with van der Waals surface area (Å²) in [5, 5.41) is 6.07. The van der Waals surface area contributed by atoms with Crippen molar-refractivity contribution >= 4 is 5.91 Å². The quantitative estimate of drug-likeness (QED) is 0.634. The fourth-order valence-corrected chi connectivity index (χ4v) is 1.82. The molecule has 0 aromatic rings. The summed E-state index contributed by atoms with van der Waals surface area (Å²) in [6.07, 6.45) is 2.58. The van der Waals surface area contributed by atoms with Gasteiger partial charge in [0.05, 0.1) is 6.61 Å². The van der Waals surface area contributed by atoms with E-state index in [0.29, 0.717) is 12.3 Å². The van der Waals surface area contributed by atoms with E-state index < -0.39 is 0 Å². The number of carbonyl (C=O) groups excluding carboxylic acids is 1. The van der Waals surface area contributed by atoms with Gasteiger partial charge in [-0.1, -0.05) is 0 Å². The highest BCUT2D eigenvalue weighted by molar-refractivity contribution is 5.76. The largest absolute Gasteiger partial charge is 0.381 e. The van der Waals surface area contributed by atoms with Gasteiger partial charge >= 0.3 is 0 Å². The van der Waals surface area contributed by atoms with E-state index in [1.54, 1.807) is 0 Å². The molecule has 4 nitrogen and oxygen atoms in total. The molecule has 2 unspecified atom stereocenters. The van der Waals surface area contributed by atoms with Crippen LogP contribution in [0.4, 0.5) is 0 Å². The van der Waals surface area contributed by atoms with Crippen LogP contribution in [0, 0.1) is 5.92 Å². The zero-order valence-corrected chi connectivity index (χ0v) is 9.71. The number of hydrogen-bond acceptors (Lipinski definition) is 3. The molecule has 4 heteroatoms. The van der Waals surface area contributed by atoms with Crippen LogP contribution in [0.25, 0.3) is 0 Å². The first-order chi connectivity index (χ1) is 7.24. The molecule has 1 amide bonds. The Morgan fingerprint density at radius 3 is 3.00 bits per heavy atom. The van der Waals surface area contributed by atoms with Crippen molar-refractivity contribution in [1.29, 1.82) is 0 Å². The SMILES string of the molecule is CNCCCC(=O)NC(C)C1CCOC1. The van der Waals surface area contributed by atoms with Crippen molar-refractivity contribution in [2.75, 3.05) is 26.8 Å². The van der Waals surface area contributed by atoms with Crippen LogP contribution in [0.1, 0.15) is 26.2 Å². The van der Waals surface area contributed by atoms with E-state index in [4.69, 9.17) is 4.74 Å². The van der Waals surface area contributed by atoms with Crippen LogP contribution in [0.2, 0.25) is 0 Å². The third kappa shape index (κ3) is 4.62. The van der Waals surface area contributed by atoms with Crippen LogP contribution in [0.3, 0.4) is 0 Å². The van der Waals surface area contributed by atoms with Gasteiger partial charge in [-0.2, -0.15) is 0 Å². The molecular weight excluding hydrogens is 192 g/mol. The lowest BCUT2D eigenvalue weighted by molar-refractivity contribution is -0.122. The molecule has 1 aliphatic heterocycles. The standard InChI is InChI=1S/C11H22N2O2/c1-9(10-5-7-15-8-10)13-11(14)4-3-6-12-2/h9-10,12H,3-8H2,1-2H3,(H,13,14). The second-order valence-electron chi connectivity index (χ2n) is 4.19. The zero-order valence-electron chi connectivity index (χ0n) is 9.71. The first kappa shape index (κ1) is 12.5. The van der Waals surface area contributed by atoms with E-state index in [1.807, 2.05) is 7.05 Å². The minimum Gasteiger partial charge on any atom is -0.381 e. The Morgan fingerprint density at radius 2 is 2.40 bits per heavy atom. The average Bonchev–Trinajstić information content (AvgIpc) is 2.70. The summed E-state index contributed by atoms with van der Waals surface area (Å²) in [6, 6.07) is 0.245. The lowest BCUT2D eigenvalue weighted by atomic mass is 10.0. The number of rotatable bonds is 6. The molecule has 1 fully saturated rings. The predicted octanol–water partition coefficient (Wildman–Crippen LogP) is 0.527. The summed E-state index contributed by atoms with van der Waals surface area (Å²) < 4.78 is 5.30. The van der Waals surface area contributed by atoms with E-state index in [2.05, 4.69) is 17.6 Å². The van der Waals surface area contributed by atoms with E-state index in [1.165, 1.54) is 0 Å². The average molecular weight is 214 g/mol. The molecule has 0 radical (unpaired) electrons. The molecule has 2 N–H and O–H groups in total. The van der Waals surface area contributed by atoms with Gasteiger partial charge < -0.3 is 15.4 Å². The van der Waals surface area contributed by atoms with Gasteiger partial charge in [0.25, 0.3) is 0 Å². The molecule has 15 heavy (non-hydrogen) atoms. The molecule has 88 valence electrons. The third-order valence-corrected chi connectivity index (χ3v) is 2.89. The van der Waals surface area contributed by atoms with Crippen LogP contribution < -0.4 is 10.6 Å². The Balaban J connectivity index is 2.13. The molecular formula is C11H22N2O2. The molecule has 1 aliphatic rings. The molecule has 0 aliphatic carbocycles. The van der Waals surface area contributed by atoms with Gasteiger partial charge in [-0.05, 0) is 33.4 Å². The lowest BCUT2D eigenvalue weighted by Gasteiger charge is -2.19. The number of carbonyl (C=O) groups is 1. The minimum atomic E-state index is 0.157. The highest BCUT2D eigenvalue weighted by Crippen LogP contribution is 2.16. The van der Waals surface area contributed by atoms with Gasteiger partial charge in [-0.25, -0.2) is 0 Å². The highest BCUT2D eigenvalue weighted by atomic mass is 16.5. The topological polar surface area (TPSA) is 50.4 Å². The summed E-state index contributed by atoms with van der Waals surface area (Å²) in [5.41, 5.74) is 0. The highest BCUT2D eigenvalue weighted by Gasteiger charge is 2.23. The monoisotopic (exact) mass is 214 g/mol. The predicted molar refractivity (Wildman–Crippen MR) is 59.7 cm³/mol. The van der Waals surface area contributed by atoms with Crippen LogP contribution in [-0.2, 0) is 9.53 Å². The fourth-order valence-electron chi connectivity index (χ4n) is 1.82. The lowest BCUT2D eigenvalue weighted by Crippen LogP contribution is -2.38. The first-order valence-electron chi connectivity index (χ1n) is 5.75. The normalized spacial score (nSPS) is 22.7. The maximum Gasteiger partial charge on any atom is 0.220 e. The van der Waals surface area contributed by atoms with Crippen molar-refractivity contribution < 1.29 is 9.53 Å². The summed E-state index contributed by atoms with van der Waals surface area (Å²) in [7, 11) is 1.90. The van der Waals surface area contributed by atoms with Crippen LogP contribution in [0.5, 0.6) is 0 Å². The second-order valence-corrected chi connectivity index (χ2v) is 4.19. The molecule has 0 aromatic heterocycles. The van der Waals surface area contributed by atoms with Crippen molar-refractivity contribution in [1.82, 2.24) is 10.6 Å². The number of hydrogen-bond donors (Lipinski definition) is 2. The van der Waals surface area contributed by atoms with Gasteiger partial charge in [0.15, 0.2) is 0 Å². The van der Waals surface area contributed by atoms with Gasteiger partial charge in [-0.3, -0.25) is 4.79 Å². The molecule has 2 atom stereocenters. The van der Waals surface area contributed by atoms with E-state index in [0.717, 1.165) is 32.6 Å². The van der Waals surface area contributed by atoms with E-state index >= 15 is 0 Å². The molecule has 1 saturated heterocycles. The fraction of sp³-hybridized carbons (Fsp3) is 0.909. The first-order valence-corrected chi connectivity index (χ1v) is 5.75. The summed E-state index contributed by atoms with van der Waals surface area (Å²) in [4.78, 5) is 11.5. The number of ether oxygens (including phenoxy) is 1. The Labute approximate surface area is 91.8 Å². The molecule has 1 rings (SSSR count). The van der Waals surface area contributed by atoms with E-state index in [9.17, 15) is 4.79 Å². The Morgan fingerprint density at radius 1 is 1.60 bits per heavy atom. The van der Waals surface area contributed by atoms with Crippen molar-refractivity contribution in [2.45, 2.75) is 32.2 Å². The summed E-state index contributed by atoms with van der Waals surface area (Å²) in [6.45, 7) is 4.59. The van der Waals surface area contributed by atoms with Crippen LogP contribution in [-0.4, -0.2) is 38.8 Å².